The predicted molar refractivity (Wildman–Crippen MR) is 76.0 cm³/mol. The van der Waals surface area contributed by atoms with Crippen molar-refractivity contribution < 1.29 is 9.50 Å². The Hall–Kier alpha value is -1.46. The van der Waals surface area contributed by atoms with Gasteiger partial charge in [0.25, 0.3) is 0 Å². The Kier molecular flexibility index (Phi) is 4.17. The van der Waals surface area contributed by atoms with Crippen molar-refractivity contribution in [3.8, 4) is 0 Å². The van der Waals surface area contributed by atoms with Crippen LogP contribution in [0.25, 0.3) is 0 Å². The molecule has 0 bridgehead atoms. The Labute approximate surface area is 116 Å². The number of aryl methyl sites for hydroxylation is 1. The van der Waals surface area contributed by atoms with Crippen LogP contribution in [0.15, 0.2) is 23.7 Å². The molecule has 1 heterocycles. The summed E-state index contributed by atoms with van der Waals surface area (Å²) in [5.74, 6) is -0.331. The van der Waals surface area contributed by atoms with Gasteiger partial charge >= 0.3 is 0 Å². The number of halogens is 1. The topological polar surface area (TPSA) is 36.4 Å². The van der Waals surface area contributed by atoms with E-state index in [0.29, 0.717) is 12.1 Å². The molecule has 2 aromatic rings. The highest BCUT2D eigenvalue weighted by molar-refractivity contribution is 7.09. The molecule has 3 nitrogen and oxygen atoms in total. The van der Waals surface area contributed by atoms with Gasteiger partial charge < -0.3 is 10.0 Å². The van der Waals surface area contributed by atoms with Crippen LogP contribution in [0.5, 0.6) is 0 Å². The first-order valence-electron chi connectivity index (χ1n) is 6.06. The number of nitrogens with zero attached hydrogens (tertiary/aromatic N) is 2. The van der Waals surface area contributed by atoms with Gasteiger partial charge in [0.15, 0.2) is 0 Å². The number of hydrogen-bond acceptors (Lipinski definition) is 4. The number of rotatable bonds is 4. The molecule has 0 spiro atoms. The summed E-state index contributed by atoms with van der Waals surface area (Å²) < 4.78 is 13.3. The second-order valence-electron chi connectivity index (χ2n) is 4.60. The summed E-state index contributed by atoms with van der Waals surface area (Å²) in [6.45, 7) is 4.31. The average molecular weight is 280 g/mol. The largest absolute Gasteiger partial charge is 0.389 e. The van der Waals surface area contributed by atoms with E-state index in [1.54, 1.807) is 24.3 Å². The number of thiazole rings is 1. The zero-order valence-electron chi connectivity index (χ0n) is 11.2. The van der Waals surface area contributed by atoms with Crippen molar-refractivity contribution in [3.63, 3.8) is 0 Å². The molecular formula is C14H17FN2OS. The number of aromatic nitrogens is 1. The monoisotopic (exact) mass is 280 g/mol. The lowest BCUT2D eigenvalue weighted by atomic mass is 10.1. The van der Waals surface area contributed by atoms with Crippen LogP contribution in [0.4, 0.5) is 10.1 Å². The van der Waals surface area contributed by atoms with Crippen molar-refractivity contribution in [1.82, 2.24) is 4.98 Å². The lowest BCUT2D eigenvalue weighted by molar-refractivity contribution is 0.199. The maximum Gasteiger partial charge on any atom is 0.123 e. The second-order valence-corrected chi connectivity index (χ2v) is 5.54. The first-order valence-corrected chi connectivity index (χ1v) is 6.94. The highest BCUT2D eigenvalue weighted by Gasteiger charge is 2.14. The van der Waals surface area contributed by atoms with E-state index in [1.165, 1.54) is 17.0 Å². The van der Waals surface area contributed by atoms with Gasteiger partial charge in [0, 0.05) is 23.2 Å². The lowest BCUT2D eigenvalue weighted by Crippen LogP contribution is -2.18. The van der Waals surface area contributed by atoms with Crippen LogP contribution in [-0.4, -0.2) is 17.1 Å². The summed E-state index contributed by atoms with van der Waals surface area (Å²) in [5.41, 5.74) is 4.27. The van der Waals surface area contributed by atoms with E-state index >= 15 is 0 Å². The smallest absolute Gasteiger partial charge is 0.123 e. The van der Waals surface area contributed by atoms with Gasteiger partial charge in [0.2, 0.25) is 0 Å². The Morgan fingerprint density at radius 2 is 2.21 bits per heavy atom. The van der Waals surface area contributed by atoms with E-state index in [0.717, 1.165) is 11.4 Å². The third-order valence-electron chi connectivity index (χ3n) is 3.08. The van der Waals surface area contributed by atoms with Crippen LogP contribution in [0.1, 0.15) is 29.2 Å². The van der Waals surface area contributed by atoms with Crippen LogP contribution >= 0.6 is 11.3 Å². The van der Waals surface area contributed by atoms with E-state index in [1.807, 2.05) is 24.4 Å². The fourth-order valence-corrected chi connectivity index (χ4v) is 2.82. The van der Waals surface area contributed by atoms with Gasteiger partial charge in [-0.15, -0.1) is 11.3 Å². The van der Waals surface area contributed by atoms with Crippen LogP contribution in [-0.2, 0) is 6.54 Å². The molecule has 1 N–H and O–H groups in total. The third kappa shape index (κ3) is 3.11. The fourth-order valence-electron chi connectivity index (χ4n) is 1.99. The molecule has 0 amide bonds. The molecular weight excluding hydrogens is 263 g/mol. The van der Waals surface area contributed by atoms with E-state index in [4.69, 9.17) is 0 Å². The maximum atomic E-state index is 13.3. The maximum absolute atomic E-state index is 13.3. The van der Waals surface area contributed by atoms with Gasteiger partial charge in [-0.25, -0.2) is 9.37 Å². The van der Waals surface area contributed by atoms with Crippen LogP contribution in [0.3, 0.4) is 0 Å². The van der Waals surface area contributed by atoms with Gasteiger partial charge in [0.1, 0.15) is 5.82 Å². The first kappa shape index (κ1) is 14.0. The third-order valence-corrected chi connectivity index (χ3v) is 4.00. The zero-order valence-corrected chi connectivity index (χ0v) is 12.0. The Morgan fingerprint density at radius 3 is 2.79 bits per heavy atom. The van der Waals surface area contributed by atoms with E-state index in [2.05, 4.69) is 4.98 Å². The Balaban J connectivity index is 2.28. The van der Waals surface area contributed by atoms with Gasteiger partial charge in [0.05, 0.1) is 23.9 Å². The van der Waals surface area contributed by atoms with Gasteiger partial charge in [-0.2, -0.15) is 0 Å². The molecule has 1 unspecified atom stereocenters. The minimum atomic E-state index is -0.698. The summed E-state index contributed by atoms with van der Waals surface area (Å²) in [6.07, 6.45) is -0.698. The summed E-state index contributed by atoms with van der Waals surface area (Å²) in [6, 6.07) is 4.50. The number of benzene rings is 1. The molecule has 0 aliphatic heterocycles. The van der Waals surface area contributed by atoms with Crippen LogP contribution < -0.4 is 4.90 Å². The average Bonchev–Trinajstić information content (AvgIpc) is 2.74. The Morgan fingerprint density at radius 1 is 1.47 bits per heavy atom. The predicted octanol–water partition coefficient (Wildman–Crippen LogP) is 3.28. The summed E-state index contributed by atoms with van der Waals surface area (Å²) in [7, 11) is 1.93. The van der Waals surface area contributed by atoms with Crippen molar-refractivity contribution in [2.75, 3.05) is 11.9 Å². The van der Waals surface area contributed by atoms with Gasteiger partial charge in [-0.1, -0.05) is 0 Å². The molecule has 1 aromatic carbocycles. The molecule has 1 aromatic heterocycles. The van der Waals surface area contributed by atoms with Crippen molar-refractivity contribution in [3.05, 3.63) is 45.7 Å². The van der Waals surface area contributed by atoms with Crippen molar-refractivity contribution >= 4 is 17.0 Å². The Bertz CT molecular complexity index is 568. The van der Waals surface area contributed by atoms with Crippen molar-refractivity contribution in [2.24, 2.45) is 0 Å². The molecule has 0 aliphatic rings. The molecule has 19 heavy (non-hydrogen) atoms. The summed E-state index contributed by atoms with van der Waals surface area (Å²) in [5, 5.41) is 9.76. The van der Waals surface area contributed by atoms with E-state index in [9.17, 15) is 9.50 Å². The minimum Gasteiger partial charge on any atom is -0.389 e. The standard InChI is InChI=1S/C14H17FN2OS/c1-9-14(19-8-16-9)7-17(3)13-5-4-11(15)6-12(13)10(2)18/h4-6,8,10,18H,7H2,1-3H3. The second kappa shape index (κ2) is 5.67. The lowest BCUT2D eigenvalue weighted by Gasteiger charge is -2.23. The molecule has 102 valence electrons. The normalized spacial score (nSPS) is 12.5. The van der Waals surface area contributed by atoms with Crippen LogP contribution in [0, 0.1) is 12.7 Å². The molecule has 0 saturated carbocycles. The highest BCUT2D eigenvalue weighted by Crippen LogP contribution is 2.28. The quantitative estimate of drug-likeness (QED) is 0.933. The minimum absolute atomic E-state index is 0.331. The zero-order chi connectivity index (χ0) is 14.0. The van der Waals surface area contributed by atoms with E-state index in [-0.39, 0.29) is 5.82 Å². The number of aliphatic hydroxyl groups excluding tert-OH is 1. The number of anilines is 1. The SMILES string of the molecule is Cc1ncsc1CN(C)c1ccc(F)cc1C(C)O. The number of aliphatic hydroxyl groups is 1. The van der Waals surface area contributed by atoms with Gasteiger partial charge in [-0.05, 0) is 32.0 Å². The molecule has 2 rings (SSSR count). The first-order chi connectivity index (χ1) is 8.99. The molecule has 0 aliphatic carbocycles. The molecule has 0 radical (unpaired) electrons. The van der Waals surface area contributed by atoms with Crippen molar-refractivity contribution in [1.29, 1.82) is 0 Å². The summed E-state index contributed by atoms with van der Waals surface area (Å²) >= 11 is 1.60. The number of hydrogen-bond donors (Lipinski definition) is 1. The molecule has 1 atom stereocenters. The highest BCUT2D eigenvalue weighted by atomic mass is 32.1. The van der Waals surface area contributed by atoms with E-state index < -0.39 is 6.10 Å². The molecule has 0 fully saturated rings. The molecule has 0 saturated heterocycles. The molecule has 5 heteroatoms. The van der Waals surface area contributed by atoms with Crippen LogP contribution in [0.2, 0.25) is 0 Å². The van der Waals surface area contributed by atoms with Crippen molar-refractivity contribution in [2.45, 2.75) is 26.5 Å². The summed E-state index contributed by atoms with van der Waals surface area (Å²) in [4.78, 5) is 7.39. The van der Waals surface area contributed by atoms with Gasteiger partial charge in [-0.3, -0.25) is 0 Å². The fraction of sp³-hybridized carbons (Fsp3) is 0.357.